The summed E-state index contributed by atoms with van der Waals surface area (Å²) in [5.74, 6) is -0.610. The molecule has 1 aromatic carbocycles. The van der Waals surface area contributed by atoms with Gasteiger partial charge in [-0.05, 0) is 43.9 Å². The number of piperidine rings is 1. The third-order valence-electron chi connectivity index (χ3n) is 5.08. The lowest BCUT2D eigenvalue weighted by Crippen LogP contribution is -2.45. The van der Waals surface area contributed by atoms with E-state index in [1.165, 1.54) is 6.07 Å². The van der Waals surface area contributed by atoms with Crippen molar-refractivity contribution < 1.29 is 14.0 Å². The molecule has 1 saturated heterocycles. The van der Waals surface area contributed by atoms with Gasteiger partial charge in [-0.1, -0.05) is 24.3 Å². The zero-order valence-corrected chi connectivity index (χ0v) is 15.9. The van der Waals surface area contributed by atoms with E-state index in [0.29, 0.717) is 31.5 Å². The number of hydrogen-bond acceptors (Lipinski definition) is 3. The average Bonchev–Trinajstić information content (AvgIpc) is 2.71. The van der Waals surface area contributed by atoms with E-state index >= 15 is 0 Å². The quantitative estimate of drug-likeness (QED) is 0.713. The molecule has 5 nitrogen and oxygen atoms in total. The number of aryl methyl sites for hydroxylation is 1. The molecule has 1 aliphatic heterocycles. The minimum Gasteiger partial charge on any atom is -0.356 e. The summed E-state index contributed by atoms with van der Waals surface area (Å²) in [7, 11) is 0. The molecule has 28 heavy (non-hydrogen) atoms. The lowest BCUT2D eigenvalue weighted by atomic mass is 9.96. The topological polar surface area (TPSA) is 62.3 Å². The zero-order valence-electron chi connectivity index (χ0n) is 15.9. The van der Waals surface area contributed by atoms with Crippen molar-refractivity contribution in [2.45, 2.75) is 38.6 Å². The van der Waals surface area contributed by atoms with Gasteiger partial charge in [0.25, 0.3) is 0 Å². The SMILES string of the molecule is O=C(NCCCCc1ccccn1)[C@@H]1CCC(=O)N(Cc2ccccc2F)C1. The molecule has 3 rings (SSSR count). The van der Waals surface area contributed by atoms with Crippen LogP contribution >= 0.6 is 0 Å². The Labute approximate surface area is 165 Å². The molecule has 148 valence electrons. The predicted molar refractivity (Wildman–Crippen MR) is 105 cm³/mol. The summed E-state index contributed by atoms with van der Waals surface area (Å²) in [5.41, 5.74) is 1.54. The number of carbonyl (C=O) groups is 2. The molecular weight excluding hydrogens is 357 g/mol. The molecule has 1 fully saturated rings. The maximum atomic E-state index is 13.9. The van der Waals surface area contributed by atoms with E-state index in [9.17, 15) is 14.0 Å². The third-order valence-corrected chi connectivity index (χ3v) is 5.08. The van der Waals surface area contributed by atoms with Gasteiger partial charge >= 0.3 is 0 Å². The number of nitrogens with one attached hydrogen (secondary N) is 1. The number of nitrogens with zero attached hydrogens (tertiary/aromatic N) is 2. The number of aromatic nitrogens is 1. The second-order valence-corrected chi connectivity index (χ2v) is 7.17. The van der Waals surface area contributed by atoms with Crippen molar-refractivity contribution >= 4 is 11.8 Å². The number of unbranched alkanes of at least 4 members (excludes halogenated alkanes) is 1. The Balaban J connectivity index is 1.42. The number of halogens is 1. The number of amides is 2. The number of pyridine rings is 1. The van der Waals surface area contributed by atoms with Gasteiger partial charge in [-0.3, -0.25) is 14.6 Å². The van der Waals surface area contributed by atoms with Gasteiger partial charge in [-0.2, -0.15) is 0 Å². The Morgan fingerprint density at radius 2 is 2.00 bits per heavy atom. The summed E-state index contributed by atoms with van der Waals surface area (Å²) in [6.45, 7) is 1.16. The minimum absolute atomic E-state index is 0.0242. The van der Waals surface area contributed by atoms with E-state index in [0.717, 1.165) is 25.0 Å². The Bertz CT molecular complexity index is 797. The minimum atomic E-state index is -0.324. The fourth-order valence-electron chi connectivity index (χ4n) is 3.45. The molecular formula is C22H26FN3O2. The summed E-state index contributed by atoms with van der Waals surface area (Å²) >= 11 is 0. The van der Waals surface area contributed by atoms with Gasteiger partial charge in [0.15, 0.2) is 0 Å². The van der Waals surface area contributed by atoms with Crippen molar-refractivity contribution in [3.05, 3.63) is 65.7 Å². The molecule has 2 amide bonds. The average molecular weight is 383 g/mol. The largest absolute Gasteiger partial charge is 0.356 e. The van der Waals surface area contributed by atoms with Crippen LogP contribution in [0.15, 0.2) is 48.7 Å². The van der Waals surface area contributed by atoms with Gasteiger partial charge in [-0.15, -0.1) is 0 Å². The van der Waals surface area contributed by atoms with Crippen LogP contribution in [-0.4, -0.2) is 34.8 Å². The second kappa shape index (κ2) is 9.97. The number of rotatable bonds is 8. The molecule has 1 N–H and O–H groups in total. The van der Waals surface area contributed by atoms with Crippen molar-refractivity contribution in [2.75, 3.05) is 13.1 Å². The molecule has 0 radical (unpaired) electrons. The van der Waals surface area contributed by atoms with Crippen LogP contribution < -0.4 is 5.32 Å². The van der Waals surface area contributed by atoms with Gasteiger partial charge < -0.3 is 10.2 Å². The molecule has 2 heterocycles. The molecule has 0 bridgehead atoms. The van der Waals surface area contributed by atoms with Gasteiger partial charge in [0, 0.05) is 43.5 Å². The maximum absolute atomic E-state index is 13.9. The van der Waals surface area contributed by atoms with E-state index in [2.05, 4.69) is 10.3 Å². The first-order valence-electron chi connectivity index (χ1n) is 9.82. The molecule has 6 heteroatoms. The van der Waals surface area contributed by atoms with Gasteiger partial charge in [-0.25, -0.2) is 4.39 Å². The van der Waals surface area contributed by atoms with Crippen LogP contribution in [0.1, 0.15) is 36.9 Å². The Morgan fingerprint density at radius 1 is 1.18 bits per heavy atom. The van der Waals surface area contributed by atoms with Crippen LogP contribution in [0.2, 0.25) is 0 Å². The Hall–Kier alpha value is -2.76. The summed E-state index contributed by atoms with van der Waals surface area (Å²) < 4.78 is 13.9. The van der Waals surface area contributed by atoms with Gasteiger partial charge in [0.05, 0.1) is 5.92 Å². The highest BCUT2D eigenvalue weighted by Gasteiger charge is 2.30. The van der Waals surface area contributed by atoms with Crippen molar-refractivity contribution in [3.63, 3.8) is 0 Å². The zero-order chi connectivity index (χ0) is 19.8. The first kappa shape index (κ1) is 20.0. The first-order chi connectivity index (χ1) is 13.6. The van der Waals surface area contributed by atoms with Crippen LogP contribution in [0.25, 0.3) is 0 Å². The Kier molecular flexibility index (Phi) is 7.12. The van der Waals surface area contributed by atoms with E-state index < -0.39 is 0 Å². The first-order valence-corrected chi connectivity index (χ1v) is 9.82. The van der Waals surface area contributed by atoms with Crippen LogP contribution in [0.5, 0.6) is 0 Å². The lowest BCUT2D eigenvalue weighted by molar-refractivity contribution is -0.138. The van der Waals surface area contributed by atoms with Gasteiger partial charge in [0.2, 0.25) is 11.8 Å². The highest BCUT2D eigenvalue weighted by atomic mass is 19.1. The highest BCUT2D eigenvalue weighted by molar-refractivity contribution is 5.83. The van der Waals surface area contributed by atoms with Gasteiger partial charge in [0.1, 0.15) is 5.82 Å². The van der Waals surface area contributed by atoms with Crippen LogP contribution in [-0.2, 0) is 22.6 Å². The molecule has 0 spiro atoms. The van der Waals surface area contributed by atoms with E-state index in [1.807, 2.05) is 18.2 Å². The number of benzene rings is 1. The molecule has 1 aromatic heterocycles. The normalized spacial score (nSPS) is 16.8. The second-order valence-electron chi connectivity index (χ2n) is 7.17. The molecule has 1 aliphatic rings. The lowest BCUT2D eigenvalue weighted by Gasteiger charge is -2.32. The number of carbonyl (C=O) groups excluding carboxylic acids is 2. The summed E-state index contributed by atoms with van der Waals surface area (Å²) in [6.07, 6.45) is 5.39. The standard InChI is InChI=1S/C22H26FN3O2/c23-20-10-2-1-7-17(20)15-26-16-18(11-12-21(26)27)22(28)25-14-6-4-9-19-8-3-5-13-24-19/h1-3,5,7-8,10,13,18H,4,6,9,11-12,14-16H2,(H,25,28)/t18-/m1/s1. The van der Waals surface area contributed by atoms with Crippen LogP contribution in [0.4, 0.5) is 4.39 Å². The number of hydrogen-bond donors (Lipinski definition) is 1. The van der Waals surface area contributed by atoms with Crippen molar-refractivity contribution in [3.8, 4) is 0 Å². The smallest absolute Gasteiger partial charge is 0.224 e. The van der Waals surface area contributed by atoms with E-state index in [-0.39, 0.29) is 30.1 Å². The maximum Gasteiger partial charge on any atom is 0.224 e. The fourth-order valence-corrected chi connectivity index (χ4v) is 3.45. The summed E-state index contributed by atoms with van der Waals surface area (Å²) in [6, 6.07) is 12.3. The summed E-state index contributed by atoms with van der Waals surface area (Å²) in [4.78, 5) is 30.5. The van der Waals surface area contributed by atoms with Crippen LogP contribution in [0, 0.1) is 11.7 Å². The molecule has 2 aromatic rings. The fraction of sp³-hybridized carbons (Fsp3) is 0.409. The monoisotopic (exact) mass is 383 g/mol. The third kappa shape index (κ3) is 5.62. The predicted octanol–water partition coefficient (Wildman–Crippen LogP) is 3.10. The van der Waals surface area contributed by atoms with E-state index in [4.69, 9.17) is 0 Å². The molecule has 0 saturated carbocycles. The van der Waals surface area contributed by atoms with E-state index in [1.54, 1.807) is 29.3 Å². The summed E-state index contributed by atoms with van der Waals surface area (Å²) in [5, 5.41) is 2.98. The Morgan fingerprint density at radius 3 is 2.79 bits per heavy atom. The molecule has 0 aliphatic carbocycles. The number of likely N-dealkylation sites (tertiary alicyclic amines) is 1. The van der Waals surface area contributed by atoms with Crippen molar-refractivity contribution in [1.82, 2.24) is 15.2 Å². The molecule has 1 atom stereocenters. The van der Waals surface area contributed by atoms with Crippen LogP contribution in [0.3, 0.4) is 0 Å². The van der Waals surface area contributed by atoms with Crippen molar-refractivity contribution in [2.24, 2.45) is 5.92 Å². The molecule has 0 unspecified atom stereocenters. The highest BCUT2D eigenvalue weighted by Crippen LogP contribution is 2.21. The van der Waals surface area contributed by atoms with Crippen molar-refractivity contribution in [1.29, 1.82) is 0 Å².